The molecule has 182 valence electrons. The van der Waals surface area contributed by atoms with E-state index in [0.717, 1.165) is 48.9 Å². The van der Waals surface area contributed by atoms with Crippen molar-refractivity contribution in [2.24, 2.45) is 17.6 Å². The number of hydrogen-bond donors (Lipinski definition) is 1. The Hall–Kier alpha value is -1.75. The second kappa shape index (κ2) is 12.6. The van der Waals surface area contributed by atoms with Gasteiger partial charge in [0.25, 0.3) is 0 Å². The van der Waals surface area contributed by atoms with Crippen molar-refractivity contribution < 1.29 is 4.74 Å². The number of ether oxygens (including phenoxy) is 1. The lowest BCUT2D eigenvalue weighted by atomic mass is 10.0. The highest BCUT2D eigenvalue weighted by Gasteiger charge is 2.29. The van der Waals surface area contributed by atoms with Gasteiger partial charge in [0.2, 0.25) is 0 Å². The zero-order valence-electron chi connectivity index (χ0n) is 20.8. The third-order valence-corrected chi connectivity index (χ3v) is 6.64. The van der Waals surface area contributed by atoms with Crippen molar-refractivity contribution in [3.8, 4) is 5.75 Å². The number of hydrogen-bond acceptors (Lipinski definition) is 4. The van der Waals surface area contributed by atoms with E-state index in [1.165, 1.54) is 18.5 Å². The molecule has 0 radical (unpaired) electrons. The summed E-state index contributed by atoms with van der Waals surface area (Å²) in [5, 5.41) is 0.747. The molecule has 0 spiro atoms. The summed E-state index contributed by atoms with van der Waals surface area (Å²) < 4.78 is 6.00. The lowest BCUT2D eigenvalue weighted by Gasteiger charge is -2.32. The maximum absolute atomic E-state index is 6.40. The third kappa shape index (κ3) is 8.51. The van der Waals surface area contributed by atoms with Crippen LogP contribution in [-0.4, -0.2) is 43.2 Å². The lowest BCUT2D eigenvalue weighted by Crippen LogP contribution is -2.41. The molecule has 1 aliphatic rings. The molecule has 2 aromatic rings. The molecule has 1 fully saturated rings. The number of rotatable bonds is 12. The number of halogens is 1. The van der Waals surface area contributed by atoms with Gasteiger partial charge >= 0.3 is 0 Å². The Morgan fingerprint density at radius 1 is 1.03 bits per heavy atom. The van der Waals surface area contributed by atoms with Crippen LogP contribution in [-0.2, 0) is 6.61 Å². The second-order valence-corrected chi connectivity index (χ2v) is 10.8. The first-order valence-corrected chi connectivity index (χ1v) is 12.9. The summed E-state index contributed by atoms with van der Waals surface area (Å²) in [5.74, 6) is 2.23. The fraction of sp³-hybridized carbons (Fsp3) is 0.571. The van der Waals surface area contributed by atoms with E-state index >= 15 is 0 Å². The van der Waals surface area contributed by atoms with Gasteiger partial charge in [0.05, 0.1) is 0 Å². The van der Waals surface area contributed by atoms with Gasteiger partial charge < -0.3 is 15.4 Å². The summed E-state index contributed by atoms with van der Waals surface area (Å²) in [6.07, 6.45) is 3.48. The van der Waals surface area contributed by atoms with E-state index in [4.69, 9.17) is 22.1 Å². The van der Waals surface area contributed by atoms with Crippen LogP contribution in [0.4, 0.5) is 5.69 Å². The largest absolute Gasteiger partial charge is 0.489 e. The normalized spacial score (nSPS) is 17.6. The maximum atomic E-state index is 6.40. The number of nitrogens with zero attached hydrogens (tertiary/aromatic N) is 2. The molecule has 1 unspecified atom stereocenters. The van der Waals surface area contributed by atoms with Gasteiger partial charge in [0, 0.05) is 49.0 Å². The summed E-state index contributed by atoms with van der Waals surface area (Å²) in [5.41, 5.74) is 8.80. The maximum Gasteiger partial charge on any atom is 0.119 e. The Morgan fingerprint density at radius 3 is 2.36 bits per heavy atom. The van der Waals surface area contributed by atoms with Gasteiger partial charge in [-0.15, -0.1) is 0 Å². The molecule has 0 aromatic heterocycles. The minimum absolute atomic E-state index is 0.268. The molecule has 0 amide bonds. The molecule has 1 heterocycles. The molecule has 2 N–H and O–H groups in total. The Morgan fingerprint density at radius 2 is 1.73 bits per heavy atom. The van der Waals surface area contributed by atoms with Crippen LogP contribution in [0.5, 0.6) is 5.75 Å². The van der Waals surface area contributed by atoms with Gasteiger partial charge in [-0.3, -0.25) is 4.90 Å². The fourth-order valence-electron chi connectivity index (χ4n) is 4.65. The first-order valence-electron chi connectivity index (χ1n) is 12.5. The standard InChI is InChI=1S/C28H42ClN3O/c1-21(2)13-16-32(27-14-15-31(19-27)18-25(30)17-22(3)4)26-9-11-28(12-10-26)33-20-23-5-7-24(29)8-6-23/h5-12,21-22,25,27H,13-20,30H2,1-4H3/t25?,27-/m0/s1. The lowest BCUT2D eigenvalue weighted by molar-refractivity contribution is 0.291. The van der Waals surface area contributed by atoms with Crippen molar-refractivity contribution in [2.45, 2.75) is 65.6 Å². The van der Waals surface area contributed by atoms with E-state index in [0.29, 0.717) is 24.5 Å². The zero-order chi connectivity index (χ0) is 23.8. The Balaban J connectivity index is 1.61. The number of benzene rings is 2. The highest BCUT2D eigenvalue weighted by atomic mass is 35.5. The van der Waals surface area contributed by atoms with Crippen LogP contribution in [0.15, 0.2) is 48.5 Å². The molecule has 3 rings (SSSR count). The van der Waals surface area contributed by atoms with Crippen LogP contribution in [0, 0.1) is 11.8 Å². The molecule has 0 aliphatic carbocycles. The molecular weight excluding hydrogens is 430 g/mol. The fourth-order valence-corrected chi connectivity index (χ4v) is 4.77. The Kier molecular flexibility index (Phi) is 9.91. The van der Waals surface area contributed by atoms with E-state index in [1.807, 2.05) is 24.3 Å². The average molecular weight is 472 g/mol. The summed E-state index contributed by atoms with van der Waals surface area (Å²) in [4.78, 5) is 5.17. The number of nitrogens with two attached hydrogens (primary N) is 1. The van der Waals surface area contributed by atoms with Gasteiger partial charge in [-0.05, 0) is 73.1 Å². The number of likely N-dealkylation sites (tertiary alicyclic amines) is 1. The molecule has 4 nitrogen and oxygen atoms in total. The van der Waals surface area contributed by atoms with E-state index in [-0.39, 0.29) is 6.04 Å². The first-order chi connectivity index (χ1) is 15.8. The van der Waals surface area contributed by atoms with E-state index in [9.17, 15) is 0 Å². The van der Waals surface area contributed by atoms with Crippen LogP contribution in [0.2, 0.25) is 5.02 Å². The van der Waals surface area contributed by atoms with Crippen molar-refractivity contribution in [1.29, 1.82) is 0 Å². The average Bonchev–Trinajstić information content (AvgIpc) is 3.21. The van der Waals surface area contributed by atoms with Crippen LogP contribution < -0.4 is 15.4 Å². The highest BCUT2D eigenvalue weighted by molar-refractivity contribution is 6.30. The van der Waals surface area contributed by atoms with Crippen LogP contribution in [0.25, 0.3) is 0 Å². The molecular formula is C28H42ClN3O. The molecule has 1 aliphatic heterocycles. The molecule has 0 bridgehead atoms. The highest BCUT2D eigenvalue weighted by Crippen LogP contribution is 2.27. The van der Waals surface area contributed by atoms with Gasteiger partial charge in [-0.1, -0.05) is 51.4 Å². The molecule has 0 saturated carbocycles. The van der Waals surface area contributed by atoms with Crippen molar-refractivity contribution in [3.63, 3.8) is 0 Å². The second-order valence-electron chi connectivity index (χ2n) is 10.4. The quantitative estimate of drug-likeness (QED) is 0.399. The third-order valence-electron chi connectivity index (χ3n) is 6.39. The minimum atomic E-state index is 0.268. The Labute approximate surface area is 206 Å². The first kappa shape index (κ1) is 25.9. The van der Waals surface area contributed by atoms with Crippen LogP contribution >= 0.6 is 11.6 Å². The molecule has 2 atom stereocenters. The predicted octanol–water partition coefficient (Wildman–Crippen LogP) is 6.22. The predicted molar refractivity (Wildman–Crippen MR) is 141 cm³/mol. The van der Waals surface area contributed by atoms with Crippen LogP contribution in [0.3, 0.4) is 0 Å². The summed E-state index contributed by atoms with van der Waals surface area (Å²) in [6, 6.07) is 17.2. The molecule has 33 heavy (non-hydrogen) atoms. The smallest absolute Gasteiger partial charge is 0.119 e. The van der Waals surface area contributed by atoms with Gasteiger partial charge in [-0.25, -0.2) is 0 Å². The summed E-state index contributed by atoms with van der Waals surface area (Å²) in [7, 11) is 0. The van der Waals surface area contributed by atoms with Crippen molar-refractivity contribution in [1.82, 2.24) is 4.90 Å². The Bertz CT molecular complexity index is 822. The van der Waals surface area contributed by atoms with Crippen molar-refractivity contribution in [2.75, 3.05) is 31.1 Å². The topological polar surface area (TPSA) is 41.7 Å². The minimum Gasteiger partial charge on any atom is -0.489 e. The van der Waals surface area contributed by atoms with E-state index in [1.54, 1.807) is 0 Å². The summed E-state index contributed by atoms with van der Waals surface area (Å²) >= 11 is 5.97. The zero-order valence-corrected chi connectivity index (χ0v) is 21.6. The van der Waals surface area contributed by atoms with Gasteiger partial charge in [-0.2, -0.15) is 0 Å². The van der Waals surface area contributed by atoms with Crippen LogP contribution in [0.1, 0.15) is 52.5 Å². The molecule has 2 aromatic carbocycles. The van der Waals surface area contributed by atoms with Crippen molar-refractivity contribution in [3.05, 3.63) is 59.1 Å². The molecule has 5 heteroatoms. The van der Waals surface area contributed by atoms with Gasteiger partial charge in [0.15, 0.2) is 0 Å². The van der Waals surface area contributed by atoms with E-state index in [2.05, 4.69) is 61.8 Å². The van der Waals surface area contributed by atoms with Gasteiger partial charge in [0.1, 0.15) is 12.4 Å². The summed E-state index contributed by atoms with van der Waals surface area (Å²) in [6.45, 7) is 14.0. The number of anilines is 1. The van der Waals surface area contributed by atoms with E-state index < -0.39 is 0 Å². The SMILES string of the molecule is CC(C)CCN(c1ccc(OCc2ccc(Cl)cc2)cc1)[C@H]1CCN(CC(N)CC(C)C)C1. The molecule has 1 saturated heterocycles. The van der Waals surface area contributed by atoms with Crippen molar-refractivity contribution >= 4 is 17.3 Å². The monoisotopic (exact) mass is 471 g/mol.